The first-order chi connectivity index (χ1) is 11.6. The Hall–Kier alpha value is -3.14. The molecule has 3 aromatic carbocycles. The molecule has 0 amide bonds. The van der Waals surface area contributed by atoms with Gasteiger partial charge in [0.05, 0.1) is 0 Å². The van der Waals surface area contributed by atoms with Crippen molar-refractivity contribution in [1.82, 2.24) is 0 Å². The Bertz CT molecular complexity index is 916. The van der Waals surface area contributed by atoms with E-state index in [-0.39, 0.29) is 12.4 Å². The first-order valence-electron chi connectivity index (χ1n) is 7.44. The molecule has 1 N–H and O–H groups in total. The number of hydrogen-bond donors (Lipinski definition) is 1. The van der Waals surface area contributed by atoms with Crippen LogP contribution in [0.2, 0.25) is 0 Å². The molecule has 0 saturated carbocycles. The third kappa shape index (κ3) is 3.43. The lowest BCUT2D eigenvalue weighted by Crippen LogP contribution is -2.00. The maximum absolute atomic E-state index is 13.7. The van der Waals surface area contributed by atoms with Crippen molar-refractivity contribution in [3.05, 3.63) is 83.7 Å². The summed E-state index contributed by atoms with van der Waals surface area (Å²) in [4.78, 5) is 10.9. The molecule has 0 bridgehead atoms. The van der Waals surface area contributed by atoms with Crippen LogP contribution in [0.4, 0.5) is 4.39 Å². The van der Waals surface area contributed by atoms with E-state index in [1.807, 2.05) is 30.3 Å². The van der Waals surface area contributed by atoms with E-state index in [1.54, 1.807) is 24.3 Å². The second-order valence-corrected chi connectivity index (χ2v) is 5.25. The molecule has 4 heteroatoms. The van der Waals surface area contributed by atoms with Gasteiger partial charge in [0, 0.05) is 17.2 Å². The van der Waals surface area contributed by atoms with E-state index in [4.69, 9.17) is 9.84 Å². The van der Waals surface area contributed by atoms with Crippen LogP contribution in [0, 0.1) is 5.82 Å². The summed E-state index contributed by atoms with van der Waals surface area (Å²) in [6, 6.07) is 17.7. The van der Waals surface area contributed by atoms with Gasteiger partial charge in [0.25, 0.3) is 0 Å². The molecule has 0 spiro atoms. The van der Waals surface area contributed by atoms with Gasteiger partial charge in [0.2, 0.25) is 0 Å². The Morgan fingerprint density at radius 3 is 2.58 bits per heavy atom. The van der Waals surface area contributed by atoms with Crippen LogP contribution in [0.15, 0.2) is 66.7 Å². The zero-order valence-corrected chi connectivity index (χ0v) is 12.8. The largest absolute Gasteiger partial charge is 0.488 e. The standard InChI is InChI=1S/C20H15FO3/c21-18-8-4-2-6-15(18)13-24-19-11-9-14-5-1-3-7-16(14)17(19)10-12-20(22)23/h1-12H,13H2,(H,22,23). The van der Waals surface area contributed by atoms with Gasteiger partial charge in [-0.15, -0.1) is 0 Å². The summed E-state index contributed by atoms with van der Waals surface area (Å²) in [7, 11) is 0. The summed E-state index contributed by atoms with van der Waals surface area (Å²) in [5.74, 6) is -0.863. The topological polar surface area (TPSA) is 46.5 Å². The molecule has 0 aliphatic rings. The first kappa shape index (κ1) is 15.7. The number of carboxylic acids is 1. The van der Waals surface area contributed by atoms with Crippen molar-refractivity contribution in [1.29, 1.82) is 0 Å². The Morgan fingerprint density at radius 2 is 1.79 bits per heavy atom. The quantitative estimate of drug-likeness (QED) is 0.695. The SMILES string of the molecule is O=C(O)C=Cc1c(OCc2ccccc2F)ccc2ccccc12. The number of fused-ring (bicyclic) bond motifs is 1. The summed E-state index contributed by atoms with van der Waals surface area (Å²) >= 11 is 0. The Morgan fingerprint density at radius 1 is 1.04 bits per heavy atom. The highest BCUT2D eigenvalue weighted by atomic mass is 19.1. The van der Waals surface area contributed by atoms with E-state index in [1.165, 1.54) is 12.1 Å². The van der Waals surface area contributed by atoms with Crippen molar-refractivity contribution in [2.24, 2.45) is 0 Å². The summed E-state index contributed by atoms with van der Waals surface area (Å²) < 4.78 is 19.5. The molecule has 0 aliphatic heterocycles. The number of carboxylic acid groups (broad SMARTS) is 1. The smallest absolute Gasteiger partial charge is 0.328 e. The molecule has 0 unspecified atom stereocenters. The second-order valence-electron chi connectivity index (χ2n) is 5.25. The average molecular weight is 322 g/mol. The van der Waals surface area contributed by atoms with E-state index >= 15 is 0 Å². The van der Waals surface area contributed by atoms with Crippen LogP contribution in [0.5, 0.6) is 5.75 Å². The highest BCUT2D eigenvalue weighted by Crippen LogP contribution is 2.30. The number of ether oxygens (including phenoxy) is 1. The molecule has 120 valence electrons. The maximum atomic E-state index is 13.7. The second kappa shape index (κ2) is 6.96. The molecule has 0 atom stereocenters. The van der Waals surface area contributed by atoms with Crippen molar-refractivity contribution in [2.45, 2.75) is 6.61 Å². The fourth-order valence-electron chi connectivity index (χ4n) is 2.50. The molecule has 0 heterocycles. The van der Waals surface area contributed by atoms with Gasteiger partial charge in [0.15, 0.2) is 0 Å². The molecular weight excluding hydrogens is 307 g/mol. The average Bonchev–Trinajstić information content (AvgIpc) is 2.59. The van der Waals surface area contributed by atoms with Gasteiger partial charge in [-0.25, -0.2) is 9.18 Å². The van der Waals surface area contributed by atoms with Gasteiger partial charge in [-0.05, 0) is 29.0 Å². The number of aliphatic carboxylic acids is 1. The minimum Gasteiger partial charge on any atom is -0.488 e. The number of carbonyl (C=O) groups is 1. The van der Waals surface area contributed by atoms with Crippen molar-refractivity contribution < 1.29 is 19.0 Å². The monoisotopic (exact) mass is 322 g/mol. The third-order valence-electron chi connectivity index (χ3n) is 3.66. The lowest BCUT2D eigenvalue weighted by molar-refractivity contribution is -0.131. The molecule has 3 rings (SSSR count). The minimum absolute atomic E-state index is 0.0684. The van der Waals surface area contributed by atoms with Crippen LogP contribution in [0.25, 0.3) is 16.8 Å². The normalized spacial score (nSPS) is 11.0. The predicted octanol–water partition coefficient (Wildman–Crippen LogP) is 4.66. The Kier molecular flexibility index (Phi) is 4.57. The van der Waals surface area contributed by atoms with Crippen LogP contribution in [0.1, 0.15) is 11.1 Å². The number of rotatable bonds is 5. The van der Waals surface area contributed by atoms with Gasteiger partial charge in [-0.1, -0.05) is 48.5 Å². The molecule has 3 aromatic rings. The summed E-state index contributed by atoms with van der Waals surface area (Å²) in [5.41, 5.74) is 1.10. The highest BCUT2D eigenvalue weighted by Gasteiger charge is 2.08. The summed E-state index contributed by atoms with van der Waals surface area (Å²) in [6.45, 7) is 0.0684. The molecule has 3 nitrogen and oxygen atoms in total. The zero-order chi connectivity index (χ0) is 16.9. The first-order valence-corrected chi connectivity index (χ1v) is 7.44. The van der Waals surface area contributed by atoms with E-state index in [0.717, 1.165) is 16.8 Å². The fraction of sp³-hybridized carbons (Fsp3) is 0.0500. The van der Waals surface area contributed by atoms with Crippen molar-refractivity contribution in [2.75, 3.05) is 0 Å². The highest BCUT2D eigenvalue weighted by molar-refractivity contribution is 5.96. The lowest BCUT2D eigenvalue weighted by atomic mass is 10.0. The summed E-state index contributed by atoms with van der Waals surface area (Å²) in [6.07, 6.45) is 2.57. The number of hydrogen-bond acceptors (Lipinski definition) is 2. The van der Waals surface area contributed by atoms with Crippen LogP contribution >= 0.6 is 0 Å². The van der Waals surface area contributed by atoms with E-state index in [2.05, 4.69) is 0 Å². The van der Waals surface area contributed by atoms with Crippen molar-refractivity contribution in [3.63, 3.8) is 0 Å². The van der Waals surface area contributed by atoms with Crippen LogP contribution in [-0.2, 0) is 11.4 Å². The molecule has 0 saturated heterocycles. The molecule has 0 aliphatic carbocycles. The lowest BCUT2D eigenvalue weighted by Gasteiger charge is -2.12. The molecule has 0 fully saturated rings. The third-order valence-corrected chi connectivity index (χ3v) is 3.66. The van der Waals surface area contributed by atoms with Gasteiger partial charge in [-0.2, -0.15) is 0 Å². The van der Waals surface area contributed by atoms with Gasteiger partial charge >= 0.3 is 5.97 Å². The fourth-order valence-corrected chi connectivity index (χ4v) is 2.50. The van der Waals surface area contributed by atoms with Crippen LogP contribution in [-0.4, -0.2) is 11.1 Å². The van der Waals surface area contributed by atoms with Gasteiger partial charge < -0.3 is 9.84 Å². The molecule has 0 radical (unpaired) electrons. The minimum atomic E-state index is -1.04. The summed E-state index contributed by atoms with van der Waals surface area (Å²) in [5, 5.41) is 10.8. The van der Waals surface area contributed by atoms with Crippen LogP contribution in [0.3, 0.4) is 0 Å². The zero-order valence-electron chi connectivity index (χ0n) is 12.8. The van der Waals surface area contributed by atoms with Gasteiger partial charge in [0.1, 0.15) is 18.2 Å². The van der Waals surface area contributed by atoms with Gasteiger partial charge in [-0.3, -0.25) is 0 Å². The molecule has 0 aromatic heterocycles. The van der Waals surface area contributed by atoms with Crippen molar-refractivity contribution >= 4 is 22.8 Å². The Labute approximate surface area is 138 Å². The van der Waals surface area contributed by atoms with Crippen molar-refractivity contribution in [3.8, 4) is 5.75 Å². The Balaban J connectivity index is 1.99. The van der Waals surface area contributed by atoms with Crippen LogP contribution < -0.4 is 4.74 Å². The van der Waals surface area contributed by atoms with E-state index in [0.29, 0.717) is 16.9 Å². The molecule has 24 heavy (non-hydrogen) atoms. The molecular formula is C20H15FO3. The number of halogens is 1. The maximum Gasteiger partial charge on any atom is 0.328 e. The van der Waals surface area contributed by atoms with E-state index in [9.17, 15) is 9.18 Å². The van der Waals surface area contributed by atoms with E-state index < -0.39 is 5.97 Å². The predicted molar refractivity (Wildman–Crippen MR) is 91.3 cm³/mol. The number of benzene rings is 3.